The Morgan fingerprint density at radius 1 is 1.10 bits per heavy atom. The molecule has 0 saturated heterocycles. The van der Waals surface area contributed by atoms with Crippen molar-refractivity contribution in [2.24, 2.45) is 0 Å². The molecule has 1 heterocycles. The summed E-state index contributed by atoms with van der Waals surface area (Å²) in [6.45, 7) is 4.20. The molecule has 1 N–H and O–H groups in total. The Labute approximate surface area is 126 Å². The zero-order valence-corrected chi connectivity index (χ0v) is 13.1. The second kappa shape index (κ2) is 6.55. The predicted molar refractivity (Wildman–Crippen MR) is 87.6 cm³/mol. The van der Waals surface area contributed by atoms with Gasteiger partial charge < -0.3 is 5.32 Å². The van der Waals surface area contributed by atoms with Gasteiger partial charge in [0.2, 0.25) is 0 Å². The maximum Gasteiger partial charge on any atom is 0.0205 e. The molecule has 20 heavy (non-hydrogen) atoms. The maximum atomic E-state index is 3.57. The standard InChI is InChI=1S/C18H23NS/c1-14-6-8-15(9-7-14)12-19-11-10-16-13-20-18-5-3-2-4-17(16)18/h6-9,13,19H,2-5,10-12H2,1H3. The lowest BCUT2D eigenvalue weighted by Crippen LogP contribution is -2.17. The molecule has 1 aromatic carbocycles. The fourth-order valence-corrected chi connectivity index (χ4v) is 4.11. The Hall–Kier alpha value is -1.12. The van der Waals surface area contributed by atoms with Crippen LogP contribution in [0.5, 0.6) is 0 Å². The lowest BCUT2D eigenvalue weighted by Gasteiger charge is -2.13. The number of thiophene rings is 1. The van der Waals surface area contributed by atoms with Crippen molar-refractivity contribution in [3.63, 3.8) is 0 Å². The average Bonchev–Trinajstić information content (AvgIpc) is 2.89. The number of rotatable bonds is 5. The van der Waals surface area contributed by atoms with E-state index in [2.05, 4.69) is 41.9 Å². The largest absolute Gasteiger partial charge is 0.312 e. The first-order valence-corrected chi connectivity index (χ1v) is 8.55. The molecule has 0 atom stereocenters. The van der Waals surface area contributed by atoms with Crippen LogP contribution in [0.2, 0.25) is 0 Å². The van der Waals surface area contributed by atoms with E-state index in [1.807, 2.05) is 11.3 Å². The van der Waals surface area contributed by atoms with Crippen molar-refractivity contribution in [3.05, 3.63) is 56.8 Å². The number of nitrogens with one attached hydrogen (secondary N) is 1. The second-order valence-electron chi connectivity index (χ2n) is 5.78. The molecule has 0 saturated carbocycles. The van der Waals surface area contributed by atoms with Gasteiger partial charge >= 0.3 is 0 Å². The zero-order valence-electron chi connectivity index (χ0n) is 12.2. The predicted octanol–water partition coefficient (Wildman–Crippen LogP) is 4.27. The van der Waals surface area contributed by atoms with Crippen molar-refractivity contribution >= 4 is 11.3 Å². The van der Waals surface area contributed by atoms with E-state index in [9.17, 15) is 0 Å². The highest BCUT2D eigenvalue weighted by atomic mass is 32.1. The summed E-state index contributed by atoms with van der Waals surface area (Å²) in [4.78, 5) is 1.66. The summed E-state index contributed by atoms with van der Waals surface area (Å²) in [6, 6.07) is 8.81. The summed E-state index contributed by atoms with van der Waals surface area (Å²) in [5, 5.41) is 5.96. The molecular formula is C18H23NS. The lowest BCUT2D eigenvalue weighted by atomic mass is 9.95. The summed E-state index contributed by atoms with van der Waals surface area (Å²) in [5.41, 5.74) is 5.99. The van der Waals surface area contributed by atoms with Gasteiger partial charge in [0.25, 0.3) is 0 Å². The normalized spacial score (nSPS) is 14.2. The van der Waals surface area contributed by atoms with E-state index in [1.54, 1.807) is 16.0 Å². The molecule has 1 aliphatic rings. The number of hydrogen-bond donors (Lipinski definition) is 1. The van der Waals surface area contributed by atoms with E-state index in [0.29, 0.717) is 0 Å². The van der Waals surface area contributed by atoms with E-state index in [1.165, 1.54) is 43.2 Å². The number of hydrogen-bond acceptors (Lipinski definition) is 2. The highest BCUT2D eigenvalue weighted by molar-refractivity contribution is 7.10. The first kappa shape index (κ1) is 13.8. The van der Waals surface area contributed by atoms with Crippen molar-refractivity contribution < 1.29 is 0 Å². The van der Waals surface area contributed by atoms with Gasteiger partial charge in [-0.05, 0) is 67.6 Å². The van der Waals surface area contributed by atoms with Gasteiger partial charge in [0.15, 0.2) is 0 Å². The van der Waals surface area contributed by atoms with Crippen molar-refractivity contribution in [1.82, 2.24) is 5.32 Å². The minimum absolute atomic E-state index is 0.979. The van der Waals surface area contributed by atoms with Crippen LogP contribution in [-0.2, 0) is 25.8 Å². The zero-order chi connectivity index (χ0) is 13.8. The molecule has 106 valence electrons. The molecule has 2 heteroatoms. The van der Waals surface area contributed by atoms with Crippen LogP contribution in [0, 0.1) is 6.92 Å². The van der Waals surface area contributed by atoms with Crippen LogP contribution in [-0.4, -0.2) is 6.54 Å². The molecule has 0 unspecified atom stereocenters. The number of benzene rings is 1. The van der Waals surface area contributed by atoms with E-state index in [-0.39, 0.29) is 0 Å². The van der Waals surface area contributed by atoms with Crippen LogP contribution in [0.1, 0.15) is 40.0 Å². The molecule has 2 aromatic rings. The molecule has 1 nitrogen and oxygen atoms in total. The fraction of sp³-hybridized carbons (Fsp3) is 0.444. The van der Waals surface area contributed by atoms with Crippen LogP contribution in [0.15, 0.2) is 29.6 Å². The summed E-state index contributed by atoms with van der Waals surface area (Å²) in [7, 11) is 0. The van der Waals surface area contributed by atoms with E-state index < -0.39 is 0 Å². The quantitative estimate of drug-likeness (QED) is 0.809. The topological polar surface area (TPSA) is 12.0 Å². The molecule has 1 aliphatic carbocycles. The maximum absolute atomic E-state index is 3.57. The minimum Gasteiger partial charge on any atom is -0.312 e. The Morgan fingerprint density at radius 2 is 1.90 bits per heavy atom. The Kier molecular flexibility index (Phi) is 4.54. The Morgan fingerprint density at radius 3 is 2.75 bits per heavy atom. The van der Waals surface area contributed by atoms with Gasteiger partial charge in [0.1, 0.15) is 0 Å². The molecule has 3 rings (SSSR count). The van der Waals surface area contributed by atoms with Crippen LogP contribution in [0.3, 0.4) is 0 Å². The minimum atomic E-state index is 0.979. The molecule has 0 amide bonds. The summed E-state index contributed by atoms with van der Waals surface area (Å²) in [6.07, 6.45) is 6.58. The van der Waals surface area contributed by atoms with E-state index in [4.69, 9.17) is 0 Å². The number of fused-ring (bicyclic) bond motifs is 1. The SMILES string of the molecule is Cc1ccc(CNCCc2csc3c2CCCC3)cc1. The summed E-state index contributed by atoms with van der Waals surface area (Å²) < 4.78 is 0. The first-order valence-electron chi connectivity index (χ1n) is 7.67. The van der Waals surface area contributed by atoms with Gasteiger partial charge in [0.05, 0.1) is 0 Å². The molecule has 1 aromatic heterocycles. The average molecular weight is 285 g/mol. The van der Waals surface area contributed by atoms with Crippen LogP contribution in [0.25, 0.3) is 0 Å². The third kappa shape index (κ3) is 3.31. The van der Waals surface area contributed by atoms with Gasteiger partial charge in [0, 0.05) is 11.4 Å². The van der Waals surface area contributed by atoms with Gasteiger partial charge in [-0.3, -0.25) is 0 Å². The van der Waals surface area contributed by atoms with Gasteiger partial charge in [-0.2, -0.15) is 0 Å². The highest BCUT2D eigenvalue weighted by Gasteiger charge is 2.14. The second-order valence-corrected chi connectivity index (χ2v) is 6.75. The van der Waals surface area contributed by atoms with Crippen molar-refractivity contribution in [2.75, 3.05) is 6.54 Å². The van der Waals surface area contributed by atoms with Gasteiger partial charge in [-0.15, -0.1) is 11.3 Å². The Bertz CT molecular complexity index is 553. The molecular weight excluding hydrogens is 262 g/mol. The summed E-state index contributed by atoms with van der Waals surface area (Å²) >= 11 is 1.98. The smallest absolute Gasteiger partial charge is 0.0205 e. The van der Waals surface area contributed by atoms with Crippen molar-refractivity contribution in [1.29, 1.82) is 0 Å². The van der Waals surface area contributed by atoms with Crippen LogP contribution < -0.4 is 5.32 Å². The van der Waals surface area contributed by atoms with Gasteiger partial charge in [-0.25, -0.2) is 0 Å². The van der Waals surface area contributed by atoms with E-state index >= 15 is 0 Å². The third-order valence-electron chi connectivity index (χ3n) is 4.17. The van der Waals surface area contributed by atoms with Gasteiger partial charge in [-0.1, -0.05) is 29.8 Å². The molecule has 0 fully saturated rings. The lowest BCUT2D eigenvalue weighted by molar-refractivity contribution is 0.666. The molecule has 0 radical (unpaired) electrons. The highest BCUT2D eigenvalue weighted by Crippen LogP contribution is 2.30. The Balaban J connectivity index is 1.48. The third-order valence-corrected chi connectivity index (χ3v) is 5.31. The monoisotopic (exact) mass is 285 g/mol. The summed E-state index contributed by atoms with van der Waals surface area (Å²) in [5.74, 6) is 0. The molecule has 0 aliphatic heterocycles. The van der Waals surface area contributed by atoms with Crippen molar-refractivity contribution in [3.8, 4) is 0 Å². The van der Waals surface area contributed by atoms with E-state index in [0.717, 1.165) is 13.1 Å². The first-order chi connectivity index (χ1) is 9.83. The molecule has 0 bridgehead atoms. The molecule has 0 spiro atoms. The fourth-order valence-electron chi connectivity index (χ4n) is 2.93. The van der Waals surface area contributed by atoms with Crippen LogP contribution in [0.4, 0.5) is 0 Å². The van der Waals surface area contributed by atoms with Crippen molar-refractivity contribution in [2.45, 2.75) is 45.6 Å². The number of aryl methyl sites for hydroxylation is 2. The van der Waals surface area contributed by atoms with Crippen LogP contribution >= 0.6 is 11.3 Å².